The van der Waals surface area contributed by atoms with Gasteiger partial charge in [-0.15, -0.1) is 11.6 Å². The van der Waals surface area contributed by atoms with Gasteiger partial charge in [0.15, 0.2) is 0 Å². The van der Waals surface area contributed by atoms with E-state index in [-0.39, 0.29) is 0 Å². The van der Waals surface area contributed by atoms with E-state index in [2.05, 4.69) is 34.5 Å². The van der Waals surface area contributed by atoms with Crippen LogP contribution in [0, 0.1) is 0 Å². The Morgan fingerprint density at radius 3 is 2.56 bits per heavy atom. The highest BCUT2D eigenvalue weighted by Crippen LogP contribution is 2.18. The molecule has 1 aliphatic heterocycles. The van der Waals surface area contributed by atoms with E-state index in [0.29, 0.717) is 5.88 Å². The lowest BCUT2D eigenvalue weighted by Crippen LogP contribution is -2.36. The average Bonchev–Trinajstić information content (AvgIpc) is 2.45. The number of hydrogen-bond acceptors (Lipinski definition) is 3. The summed E-state index contributed by atoms with van der Waals surface area (Å²) in [6.45, 7) is 4.41. The SMILES string of the molecule is ClC/C=C/CNc1ccc(N2CCOCC2)cc1. The Labute approximate surface area is 113 Å². The first kappa shape index (κ1) is 13.2. The van der Waals surface area contributed by atoms with E-state index in [1.807, 2.05) is 12.2 Å². The van der Waals surface area contributed by atoms with Crippen molar-refractivity contribution in [3.63, 3.8) is 0 Å². The van der Waals surface area contributed by atoms with Crippen LogP contribution in [0.1, 0.15) is 0 Å². The van der Waals surface area contributed by atoms with E-state index in [9.17, 15) is 0 Å². The molecule has 0 radical (unpaired) electrons. The zero-order valence-corrected chi connectivity index (χ0v) is 11.2. The fourth-order valence-electron chi connectivity index (χ4n) is 1.93. The van der Waals surface area contributed by atoms with E-state index >= 15 is 0 Å². The van der Waals surface area contributed by atoms with Crippen LogP contribution in [-0.2, 0) is 4.74 Å². The summed E-state index contributed by atoms with van der Waals surface area (Å²) in [5.41, 5.74) is 2.39. The lowest BCUT2D eigenvalue weighted by atomic mass is 10.2. The van der Waals surface area contributed by atoms with Crippen molar-refractivity contribution >= 4 is 23.0 Å². The number of nitrogens with one attached hydrogen (secondary N) is 1. The largest absolute Gasteiger partial charge is 0.382 e. The van der Waals surface area contributed by atoms with E-state index in [0.717, 1.165) is 38.5 Å². The van der Waals surface area contributed by atoms with Crippen LogP contribution in [0.2, 0.25) is 0 Å². The fourth-order valence-corrected chi connectivity index (χ4v) is 2.06. The second-order valence-electron chi connectivity index (χ2n) is 4.15. The van der Waals surface area contributed by atoms with Crippen molar-refractivity contribution in [2.24, 2.45) is 0 Å². The molecule has 4 heteroatoms. The van der Waals surface area contributed by atoms with Gasteiger partial charge in [-0.25, -0.2) is 0 Å². The van der Waals surface area contributed by atoms with Crippen LogP contribution < -0.4 is 10.2 Å². The summed E-state index contributed by atoms with van der Waals surface area (Å²) in [7, 11) is 0. The standard InChI is InChI=1S/C14H19ClN2O/c15-7-1-2-8-16-13-3-5-14(6-4-13)17-9-11-18-12-10-17/h1-6,16H,7-12H2/b2-1+. The molecule has 0 unspecified atom stereocenters. The van der Waals surface area contributed by atoms with Gasteiger partial charge in [0.2, 0.25) is 0 Å². The Bertz CT molecular complexity index is 372. The normalized spacial score (nSPS) is 16.2. The molecule has 1 N–H and O–H groups in total. The third-order valence-corrected chi connectivity index (χ3v) is 3.10. The van der Waals surface area contributed by atoms with Gasteiger partial charge in [0, 0.05) is 36.9 Å². The molecular weight excluding hydrogens is 248 g/mol. The second-order valence-corrected chi connectivity index (χ2v) is 4.46. The van der Waals surface area contributed by atoms with Crippen LogP contribution in [0.4, 0.5) is 11.4 Å². The molecule has 2 rings (SSSR count). The van der Waals surface area contributed by atoms with E-state index in [4.69, 9.17) is 16.3 Å². The van der Waals surface area contributed by atoms with Gasteiger partial charge < -0.3 is 15.0 Å². The second kappa shape index (κ2) is 7.29. The van der Waals surface area contributed by atoms with Crippen molar-refractivity contribution in [3.05, 3.63) is 36.4 Å². The molecule has 1 aliphatic rings. The number of benzene rings is 1. The number of rotatable bonds is 5. The molecule has 3 nitrogen and oxygen atoms in total. The number of halogens is 1. The first-order valence-corrected chi connectivity index (χ1v) is 6.81. The quantitative estimate of drug-likeness (QED) is 0.655. The molecule has 18 heavy (non-hydrogen) atoms. The predicted molar refractivity (Wildman–Crippen MR) is 77.8 cm³/mol. The van der Waals surface area contributed by atoms with Gasteiger partial charge in [0.1, 0.15) is 0 Å². The third kappa shape index (κ3) is 3.93. The van der Waals surface area contributed by atoms with Gasteiger partial charge in [-0.3, -0.25) is 0 Å². The van der Waals surface area contributed by atoms with Crippen molar-refractivity contribution < 1.29 is 4.74 Å². The van der Waals surface area contributed by atoms with E-state index in [1.54, 1.807) is 0 Å². The maximum absolute atomic E-state index is 5.56. The summed E-state index contributed by atoms with van der Waals surface area (Å²) in [6.07, 6.45) is 3.97. The summed E-state index contributed by atoms with van der Waals surface area (Å²) < 4.78 is 5.35. The molecule has 0 aromatic heterocycles. The Balaban J connectivity index is 1.86. The van der Waals surface area contributed by atoms with Crippen molar-refractivity contribution in [2.45, 2.75) is 0 Å². The molecule has 0 spiro atoms. The Hall–Kier alpha value is -1.19. The van der Waals surface area contributed by atoms with Crippen molar-refractivity contribution in [2.75, 3.05) is 48.9 Å². The molecule has 1 fully saturated rings. The summed E-state index contributed by atoms with van der Waals surface area (Å²) in [5.74, 6) is 0.567. The summed E-state index contributed by atoms with van der Waals surface area (Å²) in [6, 6.07) is 8.52. The van der Waals surface area contributed by atoms with Crippen LogP contribution in [-0.4, -0.2) is 38.7 Å². The molecule has 1 aromatic carbocycles. The molecule has 0 amide bonds. The molecular formula is C14H19ClN2O. The molecule has 1 saturated heterocycles. The zero-order chi connectivity index (χ0) is 12.6. The highest BCUT2D eigenvalue weighted by atomic mass is 35.5. The monoisotopic (exact) mass is 266 g/mol. The lowest BCUT2D eigenvalue weighted by molar-refractivity contribution is 0.122. The van der Waals surface area contributed by atoms with E-state index < -0.39 is 0 Å². The number of anilines is 2. The minimum Gasteiger partial charge on any atom is -0.382 e. The van der Waals surface area contributed by atoms with Gasteiger partial charge in [-0.2, -0.15) is 0 Å². The highest BCUT2D eigenvalue weighted by Gasteiger charge is 2.10. The number of ether oxygens (including phenoxy) is 1. The molecule has 0 atom stereocenters. The van der Waals surface area contributed by atoms with Gasteiger partial charge in [-0.1, -0.05) is 12.2 Å². The number of morpholine rings is 1. The van der Waals surface area contributed by atoms with Crippen molar-refractivity contribution in [3.8, 4) is 0 Å². The lowest BCUT2D eigenvalue weighted by Gasteiger charge is -2.28. The smallest absolute Gasteiger partial charge is 0.0642 e. The topological polar surface area (TPSA) is 24.5 Å². The highest BCUT2D eigenvalue weighted by molar-refractivity contribution is 6.18. The van der Waals surface area contributed by atoms with Crippen LogP contribution in [0.25, 0.3) is 0 Å². The molecule has 1 heterocycles. The summed E-state index contributed by atoms with van der Waals surface area (Å²) in [4.78, 5) is 2.35. The Kier molecular flexibility index (Phi) is 5.36. The molecule has 98 valence electrons. The number of hydrogen-bond donors (Lipinski definition) is 1. The van der Waals surface area contributed by atoms with Gasteiger partial charge in [0.05, 0.1) is 13.2 Å². The van der Waals surface area contributed by atoms with Crippen LogP contribution in [0.15, 0.2) is 36.4 Å². The van der Waals surface area contributed by atoms with Crippen molar-refractivity contribution in [1.29, 1.82) is 0 Å². The first-order chi connectivity index (χ1) is 8.90. The summed E-state index contributed by atoms with van der Waals surface area (Å²) >= 11 is 5.56. The minimum atomic E-state index is 0.567. The first-order valence-electron chi connectivity index (χ1n) is 6.28. The minimum absolute atomic E-state index is 0.567. The molecule has 0 aliphatic carbocycles. The number of allylic oxidation sites excluding steroid dienone is 1. The predicted octanol–water partition coefficient (Wildman–Crippen LogP) is 2.73. The van der Waals surface area contributed by atoms with Crippen LogP contribution in [0.5, 0.6) is 0 Å². The number of alkyl halides is 1. The molecule has 0 saturated carbocycles. The van der Waals surface area contributed by atoms with Crippen LogP contribution in [0.3, 0.4) is 0 Å². The van der Waals surface area contributed by atoms with Gasteiger partial charge in [0.25, 0.3) is 0 Å². The fraction of sp³-hybridized carbons (Fsp3) is 0.429. The maximum atomic E-state index is 5.56. The Morgan fingerprint density at radius 2 is 1.89 bits per heavy atom. The average molecular weight is 267 g/mol. The third-order valence-electron chi connectivity index (χ3n) is 2.92. The summed E-state index contributed by atoms with van der Waals surface area (Å²) in [5, 5.41) is 3.32. The Morgan fingerprint density at radius 1 is 1.17 bits per heavy atom. The molecule has 0 bridgehead atoms. The van der Waals surface area contributed by atoms with Crippen LogP contribution >= 0.6 is 11.6 Å². The molecule has 1 aromatic rings. The van der Waals surface area contributed by atoms with Gasteiger partial charge in [-0.05, 0) is 24.3 Å². The van der Waals surface area contributed by atoms with Crippen molar-refractivity contribution in [1.82, 2.24) is 0 Å². The van der Waals surface area contributed by atoms with Gasteiger partial charge >= 0.3 is 0 Å². The maximum Gasteiger partial charge on any atom is 0.0642 e. The number of nitrogens with zero attached hydrogens (tertiary/aromatic N) is 1. The zero-order valence-electron chi connectivity index (χ0n) is 10.4. The van der Waals surface area contributed by atoms with E-state index in [1.165, 1.54) is 5.69 Å².